The van der Waals surface area contributed by atoms with Gasteiger partial charge in [-0.3, -0.25) is 0 Å². The van der Waals surface area contributed by atoms with E-state index >= 15 is 0 Å². The molecule has 1 aromatic rings. The minimum Gasteiger partial charge on any atom is -0.378 e. The van der Waals surface area contributed by atoms with E-state index in [2.05, 4.69) is 21.8 Å². The molecule has 1 rings (SSSR count). The van der Waals surface area contributed by atoms with Gasteiger partial charge in [-0.15, -0.1) is 0 Å². The molecule has 4 heteroatoms. The van der Waals surface area contributed by atoms with Crippen molar-refractivity contribution in [1.29, 1.82) is 5.26 Å². The monoisotopic (exact) mass is 187 g/mol. The predicted molar refractivity (Wildman–Crippen MR) is 49.9 cm³/mol. The number of aromatic nitrogens is 2. The largest absolute Gasteiger partial charge is 0.378 e. The summed E-state index contributed by atoms with van der Waals surface area (Å²) in [7, 11) is 0. The number of nitrogens with zero attached hydrogens (tertiary/aromatic N) is 3. The molecule has 70 valence electrons. The Morgan fingerprint density at radius 3 is 2.36 bits per heavy atom. The lowest BCUT2D eigenvalue weighted by Crippen LogP contribution is -2.14. The van der Waals surface area contributed by atoms with E-state index in [-0.39, 0.29) is 5.82 Å². The fraction of sp³-hybridized carbons (Fsp3) is 0.300. The van der Waals surface area contributed by atoms with Crippen LogP contribution in [0.4, 0.5) is 0 Å². The number of hydrogen-bond acceptors (Lipinski definition) is 4. The van der Waals surface area contributed by atoms with Gasteiger partial charge in [-0.2, -0.15) is 5.26 Å². The summed E-state index contributed by atoms with van der Waals surface area (Å²) < 4.78 is 0. The van der Waals surface area contributed by atoms with Crippen molar-refractivity contribution in [1.82, 2.24) is 9.97 Å². The summed E-state index contributed by atoms with van der Waals surface area (Å²) in [5, 5.41) is 17.7. The van der Waals surface area contributed by atoms with Crippen molar-refractivity contribution >= 4 is 0 Å². The molecule has 0 fully saturated rings. The van der Waals surface area contributed by atoms with Crippen molar-refractivity contribution in [2.75, 3.05) is 0 Å². The maximum atomic E-state index is 9.31. The Morgan fingerprint density at radius 2 is 1.93 bits per heavy atom. The molecule has 0 amide bonds. The Kier molecular flexibility index (Phi) is 2.81. The first-order valence-corrected chi connectivity index (χ1v) is 3.99. The number of rotatable bonds is 0. The number of hydrogen-bond donors (Lipinski definition) is 1. The summed E-state index contributed by atoms with van der Waals surface area (Å²) in [5.74, 6) is 5.43. The topological polar surface area (TPSA) is 69.8 Å². The predicted octanol–water partition coefficient (Wildman–Crippen LogP) is 0.471. The van der Waals surface area contributed by atoms with Crippen molar-refractivity contribution in [2.45, 2.75) is 19.4 Å². The molecular weight excluding hydrogens is 178 g/mol. The molecule has 0 saturated heterocycles. The summed E-state index contributed by atoms with van der Waals surface area (Å²) in [5.41, 5.74) is -0.459. The maximum Gasteiger partial charge on any atom is 0.232 e. The fourth-order valence-electron chi connectivity index (χ4n) is 0.675. The zero-order valence-electron chi connectivity index (χ0n) is 7.94. The molecule has 1 heterocycles. The van der Waals surface area contributed by atoms with Crippen LogP contribution in [-0.2, 0) is 0 Å². The van der Waals surface area contributed by atoms with E-state index in [1.165, 1.54) is 12.4 Å². The average Bonchev–Trinajstić information content (AvgIpc) is 2.14. The lowest BCUT2D eigenvalue weighted by Gasteiger charge is -2.05. The van der Waals surface area contributed by atoms with Gasteiger partial charge >= 0.3 is 0 Å². The summed E-state index contributed by atoms with van der Waals surface area (Å²) in [6.07, 6.45) is 2.90. The Balaban J connectivity index is 2.89. The third-order valence-electron chi connectivity index (χ3n) is 1.26. The highest BCUT2D eigenvalue weighted by molar-refractivity contribution is 5.32. The van der Waals surface area contributed by atoms with Crippen LogP contribution in [0.3, 0.4) is 0 Å². The Bertz CT molecular complexity index is 412. The summed E-state index contributed by atoms with van der Waals surface area (Å²) in [4.78, 5) is 7.48. The van der Waals surface area contributed by atoms with E-state index in [4.69, 9.17) is 5.26 Å². The number of aliphatic hydroxyl groups is 1. The van der Waals surface area contributed by atoms with Crippen molar-refractivity contribution in [3.8, 4) is 17.9 Å². The first kappa shape index (κ1) is 10.2. The third kappa shape index (κ3) is 3.22. The molecular formula is C10H9N3O. The molecule has 0 aliphatic carbocycles. The molecule has 1 N–H and O–H groups in total. The highest BCUT2D eigenvalue weighted by Gasteiger charge is 2.05. The van der Waals surface area contributed by atoms with Gasteiger partial charge in [0.25, 0.3) is 0 Å². The second-order valence-electron chi connectivity index (χ2n) is 3.22. The van der Waals surface area contributed by atoms with Gasteiger partial charge in [0.1, 0.15) is 11.7 Å². The van der Waals surface area contributed by atoms with Crippen molar-refractivity contribution in [2.24, 2.45) is 0 Å². The summed E-state index contributed by atoms with van der Waals surface area (Å²) in [6.45, 7) is 3.18. The van der Waals surface area contributed by atoms with E-state index in [0.717, 1.165) is 0 Å². The Hall–Kier alpha value is -1.91. The first-order valence-electron chi connectivity index (χ1n) is 3.99. The van der Waals surface area contributed by atoms with Gasteiger partial charge in [0.2, 0.25) is 5.82 Å². The van der Waals surface area contributed by atoms with Crippen molar-refractivity contribution < 1.29 is 5.11 Å². The van der Waals surface area contributed by atoms with Crippen LogP contribution in [0.15, 0.2) is 12.4 Å². The highest BCUT2D eigenvalue weighted by Crippen LogP contribution is 1.99. The van der Waals surface area contributed by atoms with Crippen LogP contribution >= 0.6 is 0 Å². The lowest BCUT2D eigenvalue weighted by atomic mass is 10.1. The SMILES string of the molecule is CC(C)(O)C#Cc1cnc(C#N)nc1. The molecule has 0 radical (unpaired) electrons. The summed E-state index contributed by atoms with van der Waals surface area (Å²) >= 11 is 0. The van der Waals surface area contributed by atoms with Crippen LogP contribution in [0.1, 0.15) is 25.2 Å². The smallest absolute Gasteiger partial charge is 0.232 e. The van der Waals surface area contributed by atoms with Gasteiger partial charge in [-0.1, -0.05) is 11.8 Å². The Labute approximate surface area is 82.2 Å². The Morgan fingerprint density at radius 1 is 1.36 bits per heavy atom. The van der Waals surface area contributed by atoms with Crippen LogP contribution in [0.25, 0.3) is 0 Å². The van der Waals surface area contributed by atoms with E-state index in [1.54, 1.807) is 19.9 Å². The van der Waals surface area contributed by atoms with E-state index < -0.39 is 5.60 Å². The zero-order valence-corrected chi connectivity index (χ0v) is 7.94. The minimum absolute atomic E-state index is 0.110. The van der Waals surface area contributed by atoms with Gasteiger partial charge in [-0.05, 0) is 13.8 Å². The molecule has 14 heavy (non-hydrogen) atoms. The van der Waals surface area contributed by atoms with Crippen LogP contribution in [-0.4, -0.2) is 20.7 Å². The first-order chi connectivity index (χ1) is 6.51. The van der Waals surface area contributed by atoms with Gasteiger partial charge in [0.15, 0.2) is 0 Å². The molecule has 0 saturated carbocycles. The second-order valence-corrected chi connectivity index (χ2v) is 3.22. The maximum absolute atomic E-state index is 9.31. The van der Waals surface area contributed by atoms with Crippen LogP contribution in [0.2, 0.25) is 0 Å². The van der Waals surface area contributed by atoms with E-state index in [9.17, 15) is 5.11 Å². The van der Waals surface area contributed by atoms with Crippen molar-refractivity contribution in [3.63, 3.8) is 0 Å². The third-order valence-corrected chi connectivity index (χ3v) is 1.26. The zero-order chi connectivity index (χ0) is 10.6. The molecule has 0 bridgehead atoms. The molecule has 4 nitrogen and oxygen atoms in total. The van der Waals surface area contributed by atoms with Gasteiger partial charge in [0, 0.05) is 12.4 Å². The lowest BCUT2D eigenvalue weighted by molar-refractivity contribution is 0.143. The molecule has 1 aromatic heterocycles. The summed E-state index contributed by atoms with van der Waals surface area (Å²) in [6, 6.07) is 1.81. The van der Waals surface area contributed by atoms with Crippen LogP contribution in [0, 0.1) is 23.2 Å². The van der Waals surface area contributed by atoms with Crippen LogP contribution in [0.5, 0.6) is 0 Å². The van der Waals surface area contributed by atoms with Gasteiger partial charge in [0.05, 0.1) is 5.56 Å². The molecule has 0 aliphatic rings. The fourth-order valence-corrected chi connectivity index (χ4v) is 0.675. The standard InChI is InChI=1S/C10H9N3O/c1-10(2,14)4-3-8-6-12-9(5-11)13-7-8/h6-7,14H,1-2H3. The average molecular weight is 187 g/mol. The second kappa shape index (κ2) is 3.87. The number of nitriles is 1. The van der Waals surface area contributed by atoms with Crippen molar-refractivity contribution in [3.05, 3.63) is 23.8 Å². The van der Waals surface area contributed by atoms with Crippen LogP contribution < -0.4 is 0 Å². The normalized spacial score (nSPS) is 9.86. The van der Waals surface area contributed by atoms with Gasteiger partial charge in [-0.25, -0.2) is 9.97 Å². The molecule has 0 spiro atoms. The molecule has 0 aromatic carbocycles. The molecule has 0 aliphatic heterocycles. The van der Waals surface area contributed by atoms with E-state index in [1.807, 2.05) is 0 Å². The minimum atomic E-state index is -1.03. The van der Waals surface area contributed by atoms with E-state index in [0.29, 0.717) is 5.56 Å². The van der Waals surface area contributed by atoms with Gasteiger partial charge < -0.3 is 5.11 Å². The molecule has 0 atom stereocenters. The highest BCUT2D eigenvalue weighted by atomic mass is 16.3. The molecule has 0 unspecified atom stereocenters. The quantitative estimate of drug-likeness (QED) is 0.599.